The van der Waals surface area contributed by atoms with Crippen molar-refractivity contribution in [2.45, 2.75) is 26.1 Å². The normalized spacial score (nSPS) is 14.4. The third-order valence-electron chi connectivity index (χ3n) is 2.21. The first-order valence-electron chi connectivity index (χ1n) is 5.18. The lowest BCUT2D eigenvalue weighted by Crippen LogP contribution is -2.26. The van der Waals surface area contributed by atoms with Crippen LogP contribution in [0.4, 0.5) is 10.7 Å². The van der Waals surface area contributed by atoms with Gasteiger partial charge in [-0.15, -0.1) is 11.3 Å². The van der Waals surface area contributed by atoms with E-state index in [1.807, 2.05) is 0 Å². The fourth-order valence-electron chi connectivity index (χ4n) is 1.48. The summed E-state index contributed by atoms with van der Waals surface area (Å²) in [6, 6.07) is 1.38. The molecule has 0 amide bonds. The highest BCUT2D eigenvalue weighted by atomic mass is 32.1. The number of rotatable bonds is 5. The number of likely N-dealkylation sites (N-methyl/N-ethyl adjacent to an activating group) is 1. The molecule has 0 radical (unpaired) electrons. The maximum Gasteiger partial charge on any atom is 0.304 e. The molecule has 0 saturated heterocycles. The lowest BCUT2D eigenvalue weighted by Gasteiger charge is -2.18. The van der Waals surface area contributed by atoms with Crippen molar-refractivity contribution in [1.82, 2.24) is 0 Å². The van der Waals surface area contributed by atoms with E-state index in [-0.39, 0.29) is 5.69 Å². The van der Waals surface area contributed by atoms with Gasteiger partial charge >= 0.3 is 5.69 Å². The van der Waals surface area contributed by atoms with Gasteiger partial charge in [-0.1, -0.05) is 0 Å². The van der Waals surface area contributed by atoms with Crippen LogP contribution in [0, 0.1) is 10.1 Å². The molecule has 0 saturated carbocycles. The Morgan fingerprint density at radius 3 is 2.53 bits per heavy atom. The Bertz CT molecular complexity index is 403. The Hall–Kier alpha value is -1.18. The first kappa shape index (κ1) is 13.9. The highest BCUT2D eigenvalue weighted by Gasteiger charge is 2.24. The summed E-state index contributed by atoms with van der Waals surface area (Å²) >= 11 is 1.17. The number of anilines is 1. The van der Waals surface area contributed by atoms with E-state index in [0.717, 1.165) is 0 Å². The zero-order valence-electron chi connectivity index (χ0n) is 9.95. The molecule has 6 nitrogen and oxygen atoms in total. The van der Waals surface area contributed by atoms with Crippen molar-refractivity contribution in [2.75, 3.05) is 18.5 Å². The summed E-state index contributed by atoms with van der Waals surface area (Å²) in [6.07, 6.45) is -1.30. The first-order chi connectivity index (χ1) is 7.82. The fraction of sp³-hybridized carbons (Fsp3) is 0.600. The molecule has 0 aromatic carbocycles. The van der Waals surface area contributed by atoms with E-state index in [0.29, 0.717) is 16.4 Å². The quantitative estimate of drug-likeness (QED) is 0.619. The van der Waals surface area contributed by atoms with Crippen LogP contribution in [-0.2, 0) is 0 Å². The van der Waals surface area contributed by atoms with E-state index >= 15 is 0 Å². The van der Waals surface area contributed by atoms with Gasteiger partial charge in [0.15, 0.2) is 5.00 Å². The maximum absolute atomic E-state index is 10.9. The van der Waals surface area contributed by atoms with Crippen molar-refractivity contribution < 1.29 is 15.1 Å². The summed E-state index contributed by atoms with van der Waals surface area (Å²) in [5, 5.41) is 30.0. The number of hydrogen-bond donors (Lipinski definition) is 2. The van der Waals surface area contributed by atoms with Crippen LogP contribution in [0.3, 0.4) is 0 Å². The second-order valence-corrected chi connectivity index (χ2v) is 5.06. The van der Waals surface area contributed by atoms with Crippen LogP contribution in [0.2, 0.25) is 0 Å². The fourth-order valence-corrected chi connectivity index (χ4v) is 2.51. The number of nitro groups is 1. The van der Waals surface area contributed by atoms with Crippen LogP contribution in [0.5, 0.6) is 0 Å². The lowest BCUT2D eigenvalue weighted by molar-refractivity contribution is -0.383. The molecule has 1 aromatic rings. The van der Waals surface area contributed by atoms with Gasteiger partial charge in [-0.05, 0) is 13.8 Å². The zero-order valence-corrected chi connectivity index (χ0v) is 10.8. The minimum absolute atomic E-state index is 0.0333. The Morgan fingerprint density at radius 1 is 1.53 bits per heavy atom. The Morgan fingerprint density at radius 2 is 2.12 bits per heavy atom. The van der Waals surface area contributed by atoms with Crippen molar-refractivity contribution in [1.29, 1.82) is 0 Å². The topological polar surface area (TPSA) is 86.8 Å². The molecule has 96 valence electrons. The molecule has 7 heteroatoms. The van der Waals surface area contributed by atoms with Gasteiger partial charge in [-0.3, -0.25) is 10.1 Å². The summed E-state index contributed by atoms with van der Waals surface area (Å²) in [6.45, 7) is 3.49. The third-order valence-corrected chi connectivity index (χ3v) is 3.61. The second-order valence-electron chi connectivity index (χ2n) is 4.00. The minimum atomic E-state index is -0.729. The van der Waals surface area contributed by atoms with Gasteiger partial charge in [0, 0.05) is 24.5 Å². The van der Waals surface area contributed by atoms with Gasteiger partial charge < -0.3 is 15.1 Å². The molecule has 1 rings (SSSR count). The largest absolute Gasteiger partial charge is 0.392 e. The summed E-state index contributed by atoms with van der Waals surface area (Å²) < 4.78 is 0. The van der Waals surface area contributed by atoms with Crippen LogP contribution < -0.4 is 4.90 Å². The van der Waals surface area contributed by atoms with Crippen molar-refractivity contribution in [3.8, 4) is 0 Å². The highest BCUT2D eigenvalue weighted by molar-refractivity contribution is 7.16. The molecule has 0 aliphatic carbocycles. The molecule has 0 bridgehead atoms. The van der Waals surface area contributed by atoms with Gasteiger partial charge in [0.2, 0.25) is 0 Å². The monoisotopic (exact) mass is 260 g/mol. The number of thiophene rings is 1. The predicted octanol–water partition coefficient (Wildman–Crippen LogP) is 1.53. The van der Waals surface area contributed by atoms with Crippen molar-refractivity contribution >= 4 is 22.0 Å². The number of aliphatic hydroxyl groups excluding tert-OH is 2. The summed E-state index contributed by atoms with van der Waals surface area (Å²) in [5.74, 6) is 0. The van der Waals surface area contributed by atoms with Gasteiger partial charge in [0.1, 0.15) is 0 Å². The number of hydrogen-bond acceptors (Lipinski definition) is 6. The zero-order chi connectivity index (χ0) is 13.2. The van der Waals surface area contributed by atoms with Crippen LogP contribution in [0.15, 0.2) is 6.07 Å². The Labute approximate surface area is 103 Å². The smallest absolute Gasteiger partial charge is 0.304 e. The van der Waals surface area contributed by atoms with Crippen LogP contribution in [0.25, 0.3) is 0 Å². The molecule has 17 heavy (non-hydrogen) atoms. The minimum Gasteiger partial charge on any atom is -0.392 e. The molecule has 0 aliphatic heterocycles. The van der Waals surface area contributed by atoms with E-state index in [2.05, 4.69) is 0 Å². The van der Waals surface area contributed by atoms with Gasteiger partial charge in [-0.2, -0.15) is 0 Å². The average molecular weight is 260 g/mol. The summed E-state index contributed by atoms with van der Waals surface area (Å²) in [7, 11) is 1.68. The van der Waals surface area contributed by atoms with E-state index < -0.39 is 17.1 Å². The van der Waals surface area contributed by atoms with Gasteiger partial charge in [-0.25, -0.2) is 0 Å². The molecule has 0 spiro atoms. The maximum atomic E-state index is 10.9. The molecule has 2 atom stereocenters. The molecule has 0 aliphatic rings. The van der Waals surface area contributed by atoms with E-state index in [1.54, 1.807) is 25.8 Å². The molecule has 1 heterocycles. The van der Waals surface area contributed by atoms with E-state index in [1.165, 1.54) is 17.4 Å². The molecule has 2 N–H and O–H groups in total. The third kappa shape index (κ3) is 3.39. The number of aliphatic hydroxyl groups is 2. The van der Waals surface area contributed by atoms with Crippen LogP contribution in [0.1, 0.15) is 24.8 Å². The Kier molecular flexibility index (Phi) is 4.44. The first-order valence-corrected chi connectivity index (χ1v) is 6.00. The van der Waals surface area contributed by atoms with Gasteiger partial charge in [0.25, 0.3) is 0 Å². The molecular formula is C10H16N2O4S. The molecule has 1 aromatic heterocycles. The van der Waals surface area contributed by atoms with Crippen molar-refractivity contribution in [3.05, 3.63) is 21.1 Å². The van der Waals surface area contributed by atoms with E-state index in [9.17, 15) is 20.3 Å². The van der Waals surface area contributed by atoms with Crippen molar-refractivity contribution in [3.63, 3.8) is 0 Å². The van der Waals surface area contributed by atoms with Crippen LogP contribution in [-0.4, -0.2) is 34.8 Å². The second kappa shape index (κ2) is 5.44. The summed E-state index contributed by atoms with van der Waals surface area (Å²) in [5.41, 5.74) is -0.0333. The molecule has 0 fully saturated rings. The predicted molar refractivity (Wildman–Crippen MR) is 66.6 cm³/mol. The highest BCUT2D eigenvalue weighted by Crippen LogP contribution is 2.39. The van der Waals surface area contributed by atoms with Gasteiger partial charge in [0.05, 0.1) is 17.1 Å². The average Bonchev–Trinajstić information content (AvgIpc) is 2.60. The SMILES string of the molecule is CC(O)CN(C)c1sc(C(C)O)cc1[N+](=O)[O-]. The van der Waals surface area contributed by atoms with Crippen LogP contribution >= 0.6 is 11.3 Å². The molecular weight excluding hydrogens is 244 g/mol. The Balaban J connectivity index is 3.07. The van der Waals surface area contributed by atoms with E-state index in [4.69, 9.17) is 0 Å². The molecule has 2 unspecified atom stereocenters. The number of nitrogens with zero attached hydrogens (tertiary/aromatic N) is 2. The van der Waals surface area contributed by atoms with Crippen molar-refractivity contribution in [2.24, 2.45) is 0 Å². The standard InChI is InChI=1S/C10H16N2O4S/c1-6(13)5-11(3)10-8(12(15)16)4-9(17-10)7(2)14/h4,6-7,13-14H,5H2,1-3H3. The lowest BCUT2D eigenvalue weighted by atomic mass is 10.3. The summed E-state index contributed by atoms with van der Waals surface area (Å²) in [4.78, 5) is 12.6.